The largest absolute Gasteiger partial charge is 0.461 e. The number of esters is 1. The molecule has 112 valence electrons. The molecule has 0 aliphatic rings. The maximum absolute atomic E-state index is 12.3. The Kier molecular flexibility index (Phi) is 4.00. The van der Waals surface area contributed by atoms with Crippen molar-refractivity contribution < 1.29 is 9.53 Å². The Morgan fingerprint density at radius 3 is 2.95 bits per heavy atom. The summed E-state index contributed by atoms with van der Waals surface area (Å²) in [6, 6.07) is 5.01. The van der Waals surface area contributed by atoms with E-state index in [0.29, 0.717) is 32.6 Å². The molecule has 2 aromatic heterocycles. The molecule has 7 heteroatoms. The molecule has 3 aromatic rings. The van der Waals surface area contributed by atoms with Gasteiger partial charge in [-0.3, -0.25) is 9.38 Å². The minimum Gasteiger partial charge on any atom is -0.461 e. The zero-order chi connectivity index (χ0) is 15.7. The van der Waals surface area contributed by atoms with E-state index < -0.39 is 5.97 Å². The van der Waals surface area contributed by atoms with Crippen molar-refractivity contribution >= 4 is 34.8 Å². The van der Waals surface area contributed by atoms with E-state index in [1.165, 1.54) is 0 Å². The van der Waals surface area contributed by atoms with Crippen LogP contribution in [0.4, 0.5) is 0 Å². The number of imidazole rings is 1. The molecule has 0 fully saturated rings. The molecule has 0 unspecified atom stereocenters. The summed E-state index contributed by atoms with van der Waals surface area (Å²) in [6.45, 7) is 2.01. The van der Waals surface area contributed by atoms with Crippen molar-refractivity contribution in [3.05, 3.63) is 52.5 Å². The fourth-order valence-electron chi connectivity index (χ4n) is 2.17. The van der Waals surface area contributed by atoms with E-state index in [4.69, 9.17) is 27.9 Å². The third kappa shape index (κ3) is 2.53. The van der Waals surface area contributed by atoms with Gasteiger partial charge in [0.2, 0.25) is 0 Å². The molecule has 3 rings (SSSR count). The van der Waals surface area contributed by atoms with Crippen LogP contribution in [-0.4, -0.2) is 26.9 Å². The molecule has 0 saturated carbocycles. The van der Waals surface area contributed by atoms with Gasteiger partial charge in [0, 0.05) is 23.0 Å². The molecule has 0 N–H and O–H groups in total. The quantitative estimate of drug-likeness (QED) is 0.681. The molecule has 0 radical (unpaired) electrons. The number of halogens is 2. The Morgan fingerprint density at radius 1 is 1.36 bits per heavy atom. The number of carbonyl (C=O) groups excluding carboxylic acids is 1. The minimum atomic E-state index is -0.479. The van der Waals surface area contributed by atoms with Gasteiger partial charge < -0.3 is 4.74 Å². The second kappa shape index (κ2) is 5.94. The van der Waals surface area contributed by atoms with Crippen LogP contribution in [0, 0.1) is 0 Å². The van der Waals surface area contributed by atoms with Crippen molar-refractivity contribution in [1.82, 2.24) is 14.4 Å². The molecule has 0 bridgehead atoms. The predicted molar refractivity (Wildman–Crippen MR) is 84.4 cm³/mol. The van der Waals surface area contributed by atoms with E-state index in [1.54, 1.807) is 48.1 Å². The van der Waals surface area contributed by atoms with Gasteiger partial charge in [0.25, 0.3) is 0 Å². The lowest BCUT2D eigenvalue weighted by Crippen LogP contribution is -2.09. The summed E-state index contributed by atoms with van der Waals surface area (Å²) in [4.78, 5) is 20.8. The van der Waals surface area contributed by atoms with Crippen LogP contribution in [0.3, 0.4) is 0 Å². The molecule has 2 heterocycles. The average molecular weight is 336 g/mol. The first-order valence-corrected chi connectivity index (χ1v) is 7.32. The normalized spacial score (nSPS) is 10.9. The van der Waals surface area contributed by atoms with E-state index in [2.05, 4.69) is 9.97 Å². The van der Waals surface area contributed by atoms with E-state index in [-0.39, 0.29) is 6.61 Å². The molecular formula is C15H11Cl2N3O2. The zero-order valence-corrected chi connectivity index (χ0v) is 13.1. The van der Waals surface area contributed by atoms with Crippen LogP contribution in [0.2, 0.25) is 10.0 Å². The topological polar surface area (TPSA) is 56.5 Å². The number of fused-ring (bicyclic) bond motifs is 1. The molecule has 0 amide bonds. The lowest BCUT2D eigenvalue weighted by Gasteiger charge is -2.06. The van der Waals surface area contributed by atoms with E-state index in [9.17, 15) is 4.79 Å². The van der Waals surface area contributed by atoms with Gasteiger partial charge in [-0.25, -0.2) is 9.78 Å². The molecule has 0 saturated heterocycles. The third-order valence-corrected chi connectivity index (χ3v) is 3.65. The van der Waals surface area contributed by atoms with E-state index in [0.717, 1.165) is 0 Å². The van der Waals surface area contributed by atoms with Crippen LogP contribution < -0.4 is 0 Å². The SMILES string of the molecule is CCOC(=O)c1c(-c2cc(Cl)ccc2Cl)nc2cnccn12. The minimum absolute atomic E-state index is 0.264. The number of carbonyl (C=O) groups is 1. The maximum atomic E-state index is 12.3. The summed E-state index contributed by atoms with van der Waals surface area (Å²) in [5.74, 6) is -0.479. The van der Waals surface area contributed by atoms with Crippen LogP contribution in [0.25, 0.3) is 16.9 Å². The lowest BCUT2D eigenvalue weighted by molar-refractivity contribution is 0.0519. The van der Waals surface area contributed by atoms with Crippen molar-refractivity contribution in [2.75, 3.05) is 6.61 Å². The maximum Gasteiger partial charge on any atom is 0.357 e. The van der Waals surface area contributed by atoms with Crippen molar-refractivity contribution in [3.8, 4) is 11.3 Å². The first kappa shape index (κ1) is 14.8. The standard InChI is InChI=1S/C15H11Cl2N3O2/c1-2-22-15(21)14-13(10-7-9(16)3-4-11(10)17)19-12-8-18-5-6-20(12)14/h3-8H,2H2,1H3. The molecule has 5 nitrogen and oxygen atoms in total. The number of hydrogen-bond acceptors (Lipinski definition) is 4. The van der Waals surface area contributed by atoms with Gasteiger partial charge in [-0.2, -0.15) is 0 Å². The van der Waals surface area contributed by atoms with Crippen LogP contribution in [-0.2, 0) is 4.74 Å². The number of aromatic nitrogens is 3. The average Bonchev–Trinajstić information content (AvgIpc) is 2.89. The van der Waals surface area contributed by atoms with Gasteiger partial charge in [-0.05, 0) is 25.1 Å². The van der Waals surface area contributed by atoms with Gasteiger partial charge in [-0.15, -0.1) is 0 Å². The second-order valence-corrected chi connectivity index (χ2v) is 5.30. The highest BCUT2D eigenvalue weighted by Crippen LogP contribution is 2.33. The Balaban J connectivity index is 2.31. The third-order valence-electron chi connectivity index (χ3n) is 3.08. The Labute approximate surface area is 136 Å². The number of ether oxygens (including phenoxy) is 1. The Bertz CT molecular complexity index is 861. The molecule has 0 aliphatic heterocycles. The zero-order valence-electron chi connectivity index (χ0n) is 11.6. The first-order chi connectivity index (χ1) is 10.6. The van der Waals surface area contributed by atoms with Crippen LogP contribution >= 0.6 is 23.2 Å². The molecule has 0 spiro atoms. The van der Waals surface area contributed by atoms with E-state index in [1.807, 2.05) is 0 Å². The number of rotatable bonds is 3. The van der Waals surface area contributed by atoms with Crippen molar-refractivity contribution in [3.63, 3.8) is 0 Å². The van der Waals surface area contributed by atoms with Crippen LogP contribution in [0.1, 0.15) is 17.4 Å². The van der Waals surface area contributed by atoms with Crippen molar-refractivity contribution in [2.24, 2.45) is 0 Å². The van der Waals surface area contributed by atoms with Gasteiger partial charge >= 0.3 is 5.97 Å². The second-order valence-electron chi connectivity index (χ2n) is 4.46. The first-order valence-electron chi connectivity index (χ1n) is 6.56. The summed E-state index contributed by atoms with van der Waals surface area (Å²) in [6.07, 6.45) is 4.78. The molecule has 0 atom stereocenters. The molecule has 1 aromatic carbocycles. The van der Waals surface area contributed by atoms with Gasteiger partial charge in [0.15, 0.2) is 11.3 Å². The van der Waals surface area contributed by atoms with Gasteiger partial charge in [0.1, 0.15) is 5.69 Å². The predicted octanol–water partition coefficient (Wildman–Crippen LogP) is 3.88. The number of benzene rings is 1. The summed E-state index contributed by atoms with van der Waals surface area (Å²) >= 11 is 12.3. The van der Waals surface area contributed by atoms with Crippen molar-refractivity contribution in [1.29, 1.82) is 0 Å². The number of nitrogens with zero attached hydrogens (tertiary/aromatic N) is 3. The fourth-order valence-corrected chi connectivity index (χ4v) is 2.55. The lowest BCUT2D eigenvalue weighted by atomic mass is 10.1. The smallest absolute Gasteiger partial charge is 0.357 e. The molecular weight excluding hydrogens is 325 g/mol. The Morgan fingerprint density at radius 2 is 2.18 bits per heavy atom. The summed E-state index contributed by atoms with van der Waals surface area (Å²) < 4.78 is 6.75. The summed E-state index contributed by atoms with van der Waals surface area (Å²) in [7, 11) is 0. The fraction of sp³-hybridized carbons (Fsp3) is 0.133. The number of hydrogen-bond donors (Lipinski definition) is 0. The molecule has 0 aliphatic carbocycles. The van der Waals surface area contributed by atoms with Crippen LogP contribution in [0.15, 0.2) is 36.8 Å². The molecule has 22 heavy (non-hydrogen) atoms. The highest BCUT2D eigenvalue weighted by atomic mass is 35.5. The monoisotopic (exact) mass is 335 g/mol. The summed E-state index contributed by atoms with van der Waals surface area (Å²) in [5, 5.41) is 0.954. The van der Waals surface area contributed by atoms with Gasteiger partial charge in [-0.1, -0.05) is 23.2 Å². The van der Waals surface area contributed by atoms with Gasteiger partial charge in [0.05, 0.1) is 17.8 Å². The van der Waals surface area contributed by atoms with Crippen LogP contribution in [0.5, 0.6) is 0 Å². The highest BCUT2D eigenvalue weighted by Gasteiger charge is 2.23. The van der Waals surface area contributed by atoms with Crippen molar-refractivity contribution in [2.45, 2.75) is 6.92 Å². The summed E-state index contributed by atoms with van der Waals surface area (Å²) in [5.41, 5.74) is 1.81. The van der Waals surface area contributed by atoms with E-state index >= 15 is 0 Å². The Hall–Kier alpha value is -2.11. The highest BCUT2D eigenvalue weighted by molar-refractivity contribution is 6.35.